The van der Waals surface area contributed by atoms with Gasteiger partial charge in [0.15, 0.2) is 11.6 Å². The van der Waals surface area contributed by atoms with Crippen molar-refractivity contribution in [2.24, 2.45) is 0 Å². The Hall–Kier alpha value is -1.92. The lowest BCUT2D eigenvalue weighted by Crippen LogP contribution is -2.28. The van der Waals surface area contributed by atoms with E-state index in [0.717, 1.165) is 0 Å². The number of rotatable bonds is 7. The molecule has 0 spiro atoms. The van der Waals surface area contributed by atoms with Crippen molar-refractivity contribution >= 4 is 28.4 Å². The first-order valence-electron chi connectivity index (χ1n) is 8.40. The second-order valence-electron chi connectivity index (χ2n) is 7.11. The lowest BCUT2D eigenvalue weighted by Gasteiger charge is -2.23. The first-order chi connectivity index (χ1) is 12.6. The predicted octanol–water partition coefficient (Wildman–Crippen LogP) is 5.38. The Labute approximate surface area is 165 Å². The zero-order valence-corrected chi connectivity index (χ0v) is 16.9. The predicted molar refractivity (Wildman–Crippen MR) is 106 cm³/mol. The summed E-state index contributed by atoms with van der Waals surface area (Å²) < 4.78 is 32.7. The second-order valence-corrected chi connectivity index (χ2v) is 9.77. The molecule has 0 bridgehead atoms. The number of benzene rings is 2. The van der Waals surface area contributed by atoms with Gasteiger partial charge in [0.05, 0.1) is 11.4 Å². The summed E-state index contributed by atoms with van der Waals surface area (Å²) in [5, 5.41) is 9.31. The van der Waals surface area contributed by atoms with Crippen LogP contribution in [-0.4, -0.2) is 25.8 Å². The van der Waals surface area contributed by atoms with E-state index in [-0.39, 0.29) is 28.5 Å². The minimum Gasteiger partial charge on any atom is -0.481 e. The van der Waals surface area contributed by atoms with Gasteiger partial charge in [-0.05, 0) is 44.5 Å². The van der Waals surface area contributed by atoms with Crippen LogP contribution in [-0.2, 0) is 15.6 Å². The number of hydrogen-bond acceptors (Lipinski definition) is 3. The van der Waals surface area contributed by atoms with Crippen LogP contribution in [0.1, 0.15) is 38.7 Å². The first kappa shape index (κ1) is 21.4. The maximum atomic E-state index is 15.2. The molecule has 146 valence electrons. The molecule has 0 amide bonds. The molecule has 0 aliphatic heterocycles. The number of hydrogen-bond donors (Lipinski definition) is 1. The number of carboxylic acids is 1. The van der Waals surface area contributed by atoms with Gasteiger partial charge in [0.1, 0.15) is 5.75 Å². The molecule has 0 aliphatic rings. The van der Waals surface area contributed by atoms with Crippen LogP contribution in [0, 0.1) is 5.82 Å². The van der Waals surface area contributed by atoms with Crippen molar-refractivity contribution in [3.8, 4) is 11.5 Å². The average Bonchev–Trinajstić information content (AvgIpc) is 2.58. The molecular weight excluding hydrogens is 391 g/mol. The van der Waals surface area contributed by atoms with E-state index in [2.05, 4.69) is 0 Å². The second kappa shape index (κ2) is 8.85. The summed E-state index contributed by atoms with van der Waals surface area (Å²) in [6.07, 6.45) is -0.342. The fourth-order valence-electron chi connectivity index (χ4n) is 2.47. The molecule has 0 aromatic heterocycles. The average molecular weight is 413 g/mol. The van der Waals surface area contributed by atoms with Crippen LogP contribution in [0.4, 0.5) is 4.39 Å². The van der Waals surface area contributed by atoms with Crippen molar-refractivity contribution in [1.29, 1.82) is 0 Å². The van der Waals surface area contributed by atoms with E-state index in [4.69, 9.17) is 16.3 Å². The molecule has 4 nitrogen and oxygen atoms in total. The van der Waals surface area contributed by atoms with E-state index < -0.39 is 33.3 Å². The maximum Gasteiger partial charge on any atom is 0.303 e. The first-order valence-corrected chi connectivity index (χ1v) is 10.1. The minimum atomic E-state index is -1.35. The van der Waals surface area contributed by atoms with E-state index in [1.807, 2.05) is 0 Å². The summed E-state index contributed by atoms with van der Waals surface area (Å²) in [7, 11) is -1.35. The molecule has 7 heteroatoms. The van der Waals surface area contributed by atoms with Gasteiger partial charge in [0, 0.05) is 27.2 Å². The molecule has 2 atom stereocenters. The molecule has 0 saturated carbocycles. The van der Waals surface area contributed by atoms with Crippen LogP contribution in [0.15, 0.2) is 42.5 Å². The van der Waals surface area contributed by atoms with Crippen LogP contribution in [0.25, 0.3) is 0 Å². The van der Waals surface area contributed by atoms with Gasteiger partial charge < -0.3 is 9.84 Å². The van der Waals surface area contributed by atoms with Crippen molar-refractivity contribution in [1.82, 2.24) is 0 Å². The van der Waals surface area contributed by atoms with E-state index >= 15 is 4.39 Å². The Morgan fingerprint density at radius 3 is 2.41 bits per heavy atom. The SMILES string of the molecule is CC(C)(C)[S@@](=O)C[C@H](CC(=O)O)c1ccc(Cl)c(Oc2ccccc2)c1F. The van der Waals surface area contributed by atoms with Crippen molar-refractivity contribution in [2.75, 3.05) is 5.75 Å². The van der Waals surface area contributed by atoms with Crippen molar-refractivity contribution in [3.63, 3.8) is 0 Å². The Balaban J connectivity index is 2.42. The largest absolute Gasteiger partial charge is 0.481 e. The van der Waals surface area contributed by atoms with E-state index in [1.165, 1.54) is 12.1 Å². The molecule has 2 aromatic carbocycles. The number of carbonyl (C=O) groups is 1. The number of carboxylic acid groups (broad SMARTS) is 1. The highest BCUT2D eigenvalue weighted by Gasteiger charge is 2.29. The van der Waals surface area contributed by atoms with Crippen LogP contribution in [0.2, 0.25) is 5.02 Å². The molecule has 0 unspecified atom stereocenters. The molecule has 27 heavy (non-hydrogen) atoms. The van der Waals surface area contributed by atoms with Crippen LogP contribution >= 0.6 is 11.6 Å². The third kappa shape index (κ3) is 5.78. The summed E-state index contributed by atoms with van der Waals surface area (Å²) in [6.45, 7) is 5.38. The fraction of sp³-hybridized carbons (Fsp3) is 0.350. The van der Waals surface area contributed by atoms with Gasteiger partial charge in [-0.2, -0.15) is 0 Å². The highest BCUT2D eigenvalue weighted by atomic mass is 35.5. The van der Waals surface area contributed by atoms with Gasteiger partial charge in [0.2, 0.25) is 0 Å². The van der Waals surface area contributed by atoms with Crippen molar-refractivity contribution in [3.05, 3.63) is 58.9 Å². The number of ether oxygens (including phenoxy) is 1. The monoisotopic (exact) mass is 412 g/mol. The smallest absolute Gasteiger partial charge is 0.303 e. The maximum absolute atomic E-state index is 15.2. The van der Waals surface area contributed by atoms with Crippen LogP contribution in [0.5, 0.6) is 11.5 Å². The summed E-state index contributed by atoms with van der Waals surface area (Å²) >= 11 is 6.10. The highest BCUT2D eigenvalue weighted by molar-refractivity contribution is 7.86. The summed E-state index contributed by atoms with van der Waals surface area (Å²) in [6, 6.07) is 11.5. The number of aliphatic carboxylic acids is 1. The van der Waals surface area contributed by atoms with Crippen LogP contribution < -0.4 is 4.74 Å². The lowest BCUT2D eigenvalue weighted by molar-refractivity contribution is -0.137. The Morgan fingerprint density at radius 1 is 1.22 bits per heavy atom. The number of halogens is 2. The molecule has 0 fully saturated rings. The van der Waals surface area contributed by atoms with Gasteiger partial charge in [-0.15, -0.1) is 0 Å². The Morgan fingerprint density at radius 2 is 1.85 bits per heavy atom. The van der Waals surface area contributed by atoms with Crippen molar-refractivity contribution in [2.45, 2.75) is 37.9 Å². The lowest BCUT2D eigenvalue weighted by atomic mass is 9.96. The molecule has 0 aliphatic carbocycles. The van der Waals surface area contributed by atoms with Gasteiger partial charge >= 0.3 is 5.97 Å². The molecule has 0 saturated heterocycles. The normalized spacial score (nSPS) is 13.8. The zero-order valence-electron chi connectivity index (χ0n) is 15.4. The summed E-state index contributed by atoms with van der Waals surface area (Å²) in [4.78, 5) is 11.3. The number of para-hydroxylation sites is 1. The minimum absolute atomic E-state index is 0.0269. The third-order valence-electron chi connectivity index (χ3n) is 3.94. The van der Waals surface area contributed by atoms with E-state index in [1.54, 1.807) is 51.1 Å². The third-order valence-corrected chi connectivity index (χ3v) is 6.31. The summed E-state index contributed by atoms with van der Waals surface area (Å²) in [5.41, 5.74) is 0.130. The standard InChI is InChI=1S/C20H22ClFO4S/c1-20(2,3)27(25)12-13(11-17(23)24)15-9-10-16(21)19(18(15)22)26-14-7-5-4-6-8-14/h4-10,13H,11-12H2,1-3H3,(H,23,24)/t13-,27-/m0/s1. The molecule has 0 radical (unpaired) electrons. The summed E-state index contributed by atoms with van der Waals surface area (Å²) in [5.74, 6) is -2.33. The quantitative estimate of drug-likeness (QED) is 0.663. The zero-order chi connectivity index (χ0) is 20.2. The fourth-order valence-corrected chi connectivity index (χ4v) is 3.81. The van der Waals surface area contributed by atoms with Gasteiger partial charge in [-0.25, -0.2) is 4.39 Å². The van der Waals surface area contributed by atoms with E-state index in [0.29, 0.717) is 5.75 Å². The van der Waals surface area contributed by atoms with Gasteiger partial charge in [-0.3, -0.25) is 9.00 Å². The van der Waals surface area contributed by atoms with Crippen LogP contribution in [0.3, 0.4) is 0 Å². The highest BCUT2D eigenvalue weighted by Crippen LogP contribution is 2.37. The van der Waals surface area contributed by atoms with Crippen molar-refractivity contribution < 1.29 is 23.2 Å². The van der Waals surface area contributed by atoms with Gasteiger partial charge in [-0.1, -0.05) is 35.9 Å². The molecular formula is C20H22ClFO4S. The van der Waals surface area contributed by atoms with E-state index in [9.17, 15) is 14.1 Å². The molecule has 0 heterocycles. The molecule has 2 rings (SSSR count). The van der Waals surface area contributed by atoms with Gasteiger partial charge in [0.25, 0.3) is 0 Å². The molecule has 1 N–H and O–H groups in total. The molecule has 2 aromatic rings. The topological polar surface area (TPSA) is 63.6 Å². The Bertz CT molecular complexity index is 834. The Kier molecular flexibility index (Phi) is 7.00.